The van der Waals surface area contributed by atoms with Gasteiger partial charge in [-0.1, -0.05) is 115 Å². The van der Waals surface area contributed by atoms with E-state index in [1.54, 1.807) is 12.1 Å². The molecule has 1 aliphatic rings. The molecule has 1 atom stereocenters. The number of para-hydroxylation sites is 1. The molecule has 1 aliphatic heterocycles. The van der Waals surface area contributed by atoms with Gasteiger partial charge in [0.2, 0.25) is 5.91 Å². The Bertz CT molecular complexity index is 1510. The standard InChI is InChI=1S/C34H27NO3/c36-29-21-11-10-19-27(29)31-32-28(20-12-22-30(32)38-23-24-13-4-1-5-14-24)35(34(31)37)33(25-15-6-2-7-16-25)26-17-8-3-9-18-26/h1-22,31,33,36H,23H2. The third-order valence-corrected chi connectivity index (χ3v) is 7.05. The largest absolute Gasteiger partial charge is 0.508 e. The number of hydrogen-bond donors (Lipinski definition) is 1. The van der Waals surface area contributed by atoms with Crippen LogP contribution in [0.5, 0.6) is 11.5 Å². The molecule has 0 fully saturated rings. The summed E-state index contributed by atoms with van der Waals surface area (Å²) in [5.41, 5.74) is 5.17. The van der Waals surface area contributed by atoms with E-state index in [0.29, 0.717) is 17.9 Å². The zero-order valence-corrected chi connectivity index (χ0v) is 20.8. The molecular weight excluding hydrogens is 470 g/mol. The average molecular weight is 498 g/mol. The van der Waals surface area contributed by atoms with E-state index in [-0.39, 0.29) is 17.7 Å². The molecule has 1 heterocycles. The van der Waals surface area contributed by atoms with Crippen LogP contribution in [0.15, 0.2) is 133 Å². The molecule has 0 spiro atoms. The third-order valence-electron chi connectivity index (χ3n) is 7.05. The maximum absolute atomic E-state index is 14.5. The number of aromatic hydroxyl groups is 1. The van der Waals surface area contributed by atoms with Gasteiger partial charge in [0, 0.05) is 11.1 Å². The Hall–Kier alpha value is -4.83. The van der Waals surface area contributed by atoms with Gasteiger partial charge in [0.05, 0.1) is 17.6 Å². The fourth-order valence-corrected chi connectivity index (χ4v) is 5.32. The molecule has 0 aliphatic carbocycles. The molecular formula is C34H27NO3. The lowest BCUT2D eigenvalue weighted by Gasteiger charge is -2.30. The Morgan fingerprint density at radius 3 is 1.89 bits per heavy atom. The SMILES string of the molecule is O=C1C(c2ccccc2O)c2c(OCc3ccccc3)cccc2N1C(c1ccccc1)c1ccccc1. The van der Waals surface area contributed by atoms with Gasteiger partial charge >= 0.3 is 0 Å². The van der Waals surface area contributed by atoms with Gasteiger partial charge in [-0.2, -0.15) is 0 Å². The highest BCUT2D eigenvalue weighted by Gasteiger charge is 2.45. The van der Waals surface area contributed by atoms with Crippen LogP contribution in [0.25, 0.3) is 0 Å². The van der Waals surface area contributed by atoms with Crippen molar-refractivity contribution in [2.45, 2.75) is 18.6 Å². The van der Waals surface area contributed by atoms with E-state index in [0.717, 1.165) is 27.9 Å². The molecule has 1 amide bonds. The van der Waals surface area contributed by atoms with Gasteiger partial charge in [-0.15, -0.1) is 0 Å². The van der Waals surface area contributed by atoms with Crippen LogP contribution in [-0.2, 0) is 11.4 Å². The Morgan fingerprint density at radius 1 is 0.684 bits per heavy atom. The second-order valence-corrected chi connectivity index (χ2v) is 9.39. The number of carbonyl (C=O) groups is 1. The Labute approximate surface area is 222 Å². The molecule has 38 heavy (non-hydrogen) atoms. The van der Waals surface area contributed by atoms with Gasteiger partial charge in [0.1, 0.15) is 18.1 Å². The summed E-state index contributed by atoms with van der Waals surface area (Å²) in [6.45, 7) is 0.375. The summed E-state index contributed by atoms with van der Waals surface area (Å²) in [7, 11) is 0. The zero-order valence-electron chi connectivity index (χ0n) is 20.8. The normalized spacial score (nSPS) is 14.5. The number of amides is 1. The van der Waals surface area contributed by atoms with Gasteiger partial charge in [0.25, 0.3) is 0 Å². The summed E-state index contributed by atoms with van der Waals surface area (Å²) in [6.07, 6.45) is 0. The predicted molar refractivity (Wildman–Crippen MR) is 149 cm³/mol. The highest BCUT2D eigenvalue weighted by molar-refractivity contribution is 6.09. The van der Waals surface area contributed by atoms with E-state index < -0.39 is 5.92 Å². The van der Waals surface area contributed by atoms with E-state index in [1.165, 1.54) is 0 Å². The number of nitrogens with zero attached hydrogens (tertiary/aromatic N) is 1. The van der Waals surface area contributed by atoms with E-state index in [2.05, 4.69) is 0 Å². The molecule has 4 nitrogen and oxygen atoms in total. The summed E-state index contributed by atoms with van der Waals surface area (Å²) in [6, 6.07) is 42.6. The van der Waals surface area contributed by atoms with Crippen molar-refractivity contribution < 1.29 is 14.6 Å². The first-order valence-electron chi connectivity index (χ1n) is 12.7. The van der Waals surface area contributed by atoms with Crippen LogP contribution in [0.3, 0.4) is 0 Å². The predicted octanol–water partition coefficient (Wildman–Crippen LogP) is 7.24. The minimum Gasteiger partial charge on any atom is -0.508 e. The first-order valence-corrected chi connectivity index (χ1v) is 12.7. The van der Waals surface area contributed by atoms with Crippen LogP contribution in [0, 0.1) is 0 Å². The molecule has 0 saturated carbocycles. The fraction of sp³-hybridized carbons (Fsp3) is 0.0882. The lowest BCUT2D eigenvalue weighted by atomic mass is 9.91. The van der Waals surface area contributed by atoms with Crippen molar-refractivity contribution in [3.05, 3.63) is 161 Å². The zero-order chi connectivity index (χ0) is 25.9. The summed E-state index contributed by atoms with van der Waals surface area (Å²) in [5, 5.41) is 10.9. The molecule has 0 aromatic heterocycles. The lowest BCUT2D eigenvalue weighted by molar-refractivity contribution is -0.118. The molecule has 0 bridgehead atoms. The van der Waals surface area contributed by atoms with Crippen molar-refractivity contribution in [2.75, 3.05) is 4.90 Å². The van der Waals surface area contributed by atoms with Crippen molar-refractivity contribution in [2.24, 2.45) is 0 Å². The van der Waals surface area contributed by atoms with Crippen LogP contribution in [0.2, 0.25) is 0 Å². The number of phenols is 1. The molecule has 0 saturated heterocycles. The van der Waals surface area contributed by atoms with E-state index in [4.69, 9.17) is 4.74 Å². The second-order valence-electron chi connectivity index (χ2n) is 9.39. The van der Waals surface area contributed by atoms with Crippen LogP contribution in [-0.4, -0.2) is 11.0 Å². The molecule has 4 heteroatoms. The first-order chi connectivity index (χ1) is 18.7. The Kier molecular flexibility index (Phi) is 6.37. The molecule has 1 N–H and O–H groups in total. The van der Waals surface area contributed by atoms with E-state index in [1.807, 2.05) is 126 Å². The smallest absolute Gasteiger partial charge is 0.240 e. The van der Waals surface area contributed by atoms with Crippen LogP contribution >= 0.6 is 0 Å². The highest BCUT2D eigenvalue weighted by atomic mass is 16.5. The van der Waals surface area contributed by atoms with Crippen molar-refractivity contribution in [1.29, 1.82) is 0 Å². The van der Waals surface area contributed by atoms with E-state index >= 15 is 0 Å². The number of fused-ring (bicyclic) bond motifs is 1. The van der Waals surface area contributed by atoms with Gasteiger partial charge in [-0.05, 0) is 34.9 Å². The summed E-state index contributed by atoms with van der Waals surface area (Å²) < 4.78 is 6.35. The Morgan fingerprint density at radius 2 is 1.26 bits per heavy atom. The quantitative estimate of drug-likeness (QED) is 0.258. The van der Waals surface area contributed by atoms with E-state index in [9.17, 15) is 9.90 Å². The minimum absolute atomic E-state index is 0.0903. The van der Waals surface area contributed by atoms with Crippen molar-refractivity contribution >= 4 is 11.6 Å². The number of phenolic OH excluding ortho intramolecular Hbond substituents is 1. The first kappa shape index (κ1) is 23.6. The topological polar surface area (TPSA) is 49.8 Å². The maximum Gasteiger partial charge on any atom is 0.240 e. The number of rotatable bonds is 7. The van der Waals surface area contributed by atoms with Crippen molar-refractivity contribution in [3.8, 4) is 11.5 Å². The monoisotopic (exact) mass is 497 g/mol. The molecule has 6 rings (SSSR count). The number of anilines is 1. The maximum atomic E-state index is 14.5. The average Bonchev–Trinajstić information content (AvgIpc) is 3.26. The molecule has 186 valence electrons. The fourth-order valence-electron chi connectivity index (χ4n) is 5.32. The van der Waals surface area contributed by atoms with Gasteiger partial charge < -0.3 is 9.84 Å². The van der Waals surface area contributed by atoms with Gasteiger partial charge in [0.15, 0.2) is 0 Å². The van der Waals surface area contributed by atoms with Gasteiger partial charge in [-0.3, -0.25) is 9.69 Å². The van der Waals surface area contributed by atoms with Crippen LogP contribution < -0.4 is 9.64 Å². The van der Waals surface area contributed by atoms with Crippen LogP contribution in [0.1, 0.15) is 39.8 Å². The molecule has 5 aromatic carbocycles. The highest BCUT2D eigenvalue weighted by Crippen LogP contribution is 2.51. The van der Waals surface area contributed by atoms with Crippen LogP contribution in [0.4, 0.5) is 5.69 Å². The van der Waals surface area contributed by atoms with Crippen molar-refractivity contribution in [3.63, 3.8) is 0 Å². The molecule has 5 aromatic rings. The third kappa shape index (κ3) is 4.31. The summed E-state index contributed by atoms with van der Waals surface area (Å²) >= 11 is 0. The molecule has 0 radical (unpaired) electrons. The van der Waals surface area contributed by atoms with Gasteiger partial charge in [-0.25, -0.2) is 0 Å². The van der Waals surface area contributed by atoms with Crippen molar-refractivity contribution in [1.82, 2.24) is 0 Å². The number of carbonyl (C=O) groups excluding carboxylic acids is 1. The Balaban J connectivity index is 1.52. The molecule has 1 unspecified atom stereocenters. The number of benzene rings is 5. The second kappa shape index (κ2) is 10.3. The summed E-state index contributed by atoms with van der Waals surface area (Å²) in [5.74, 6) is -0.0779. The number of ether oxygens (including phenoxy) is 1. The minimum atomic E-state index is -0.701. The number of hydrogen-bond acceptors (Lipinski definition) is 3. The summed E-state index contributed by atoms with van der Waals surface area (Å²) in [4.78, 5) is 16.4. The lowest BCUT2D eigenvalue weighted by Crippen LogP contribution is -2.34.